The van der Waals surface area contributed by atoms with Gasteiger partial charge in [0.15, 0.2) is 0 Å². The maximum atomic E-state index is 13.3. The minimum Gasteiger partial charge on any atom is -0.369 e. The summed E-state index contributed by atoms with van der Waals surface area (Å²) in [5.74, 6) is -1.11. The SMILES string of the molecule is O=C(NO)c1ccc(-c2ccccc2C(=O)Nc2ccc(S(=O)(=O)N3CCN(c4cc(Cl)cc(C(F)(F)F)c4)CC3)cc2)cc1. The lowest BCUT2D eigenvalue weighted by Gasteiger charge is -2.35. The molecule has 1 saturated heterocycles. The molecule has 1 fully saturated rings. The Labute approximate surface area is 261 Å². The zero-order valence-corrected chi connectivity index (χ0v) is 25.0. The fourth-order valence-electron chi connectivity index (χ4n) is 4.96. The number of hydrogen-bond acceptors (Lipinski definition) is 6. The molecule has 234 valence electrons. The van der Waals surface area contributed by atoms with Crippen LogP contribution in [0.1, 0.15) is 26.3 Å². The molecule has 45 heavy (non-hydrogen) atoms. The summed E-state index contributed by atoms with van der Waals surface area (Å²) in [6.45, 7) is 0.442. The van der Waals surface area contributed by atoms with E-state index in [1.54, 1.807) is 46.8 Å². The van der Waals surface area contributed by atoms with Gasteiger partial charge in [0.2, 0.25) is 10.0 Å². The fourth-order valence-corrected chi connectivity index (χ4v) is 6.61. The number of amides is 2. The molecular formula is C31H26ClF3N4O5S. The van der Waals surface area contributed by atoms with Gasteiger partial charge in [0.1, 0.15) is 0 Å². The molecule has 0 spiro atoms. The molecular weight excluding hydrogens is 633 g/mol. The molecule has 0 radical (unpaired) electrons. The zero-order valence-electron chi connectivity index (χ0n) is 23.4. The molecule has 3 N–H and O–H groups in total. The van der Waals surface area contributed by atoms with Gasteiger partial charge in [-0.15, -0.1) is 0 Å². The number of anilines is 2. The second-order valence-corrected chi connectivity index (χ2v) is 12.5. The first-order valence-electron chi connectivity index (χ1n) is 13.5. The molecule has 0 unspecified atom stereocenters. The van der Waals surface area contributed by atoms with Crippen molar-refractivity contribution < 1.29 is 36.4 Å². The first-order valence-corrected chi connectivity index (χ1v) is 15.4. The Bertz CT molecular complexity index is 1830. The van der Waals surface area contributed by atoms with Crippen molar-refractivity contribution in [3.63, 3.8) is 0 Å². The van der Waals surface area contributed by atoms with Crippen LogP contribution in [-0.4, -0.2) is 55.9 Å². The normalized spacial score (nSPS) is 14.2. The first kappa shape index (κ1) is 32.0. The highest BCUT2D eigenvalue weighted by Crippen LogP contribution is 2.35. The number of benzene rings is 4. The Hall–Kier alpha value is -4.43. The summed E-state index contributed by atoms with van der Waals surface area (Å²) in [5.41, 5.74) is 3.14. The lowest BCUT2D eigenvalue weighted by atomic mass is 9.98. The molecule has 0 saturated carbocycles. The van der Waals surface area contributed by atoms with Crippen LogP contribution in [-0.2, 0) is 16.2 Å². The third-order valence-electron chi connectivity index (χ3n) is 7.29. The molecule has 1 aliphatic heterocycles. The average molecular weight is 659 g/mol. The second kappa shape index (κ2) is 12.9. The highest BCUT2D eigenvalue weighted by Gasteiger charge is 2.33. The summed E-state index contributed by atoms with van der Waals surface area (Å²) in [4.78, 5) is 26.5. The van der Waals surface area contributed by atoms with Crippen LogP contribution in [0.2, 0.25) is 5.02 Å². The largest absolute Gasteiger partial charge is 0.416 e. The van der Waals surface area contributed by atoms with Crippen molar-refractivity contribution in [1.29, 1.82) is 0 Å². The molecule has 0 atom stereocenters. The number of hydroxylamine groups is 1. The highest BCUT2D eigenvalue weighted by atomic mass is 35.5. The predicted octanol–water partition coefficient (Wildman–Crippen LogP) is 5.91. The van der Waals surface area contributed by atoms with Crippen molar-refractivity contribution in [2.75, 3.05) is 36.4 Å². The number of nitrogens with one attached hydrogen (secondary N) is 2. The Kier molecular flexibility index (Phi) is 9.16. The minimum absolute atomic E-state index is 0.00321. The quantitative estimate of drug-likeness (QED) is 0.168. The maximum Gasteiger partial charge on any atom is 0.416 e. The van der Waals surface area contributed by atoms with E-state index in [9.17, 15) is 31.2 Å². The number of sulfonamides is 1. The van der Waals surface area contributed by atoms with Crippen LogP contribution in [0.25, 0.3) is 11.1 Å². The number of hydrogen-bond donors (Lipinski definition) is 3. The van der Waals surface area contributed by atoms with E-state index < -0.39 is 33.6 Å². The number of halogens is 4. The van der Waals surface area contributed by atoms with E-state index in [0.717, 1.165) is 12.1 Å². The van der Waals surface area contributed by atoms with Crippen molar-refractivity contribution >= 4 is 44.8 Å². The van der Waals surface area contributed by atoms with Crippen LogP contribution in [0.15, 0.2) is 95.9 Å². The molecule has 0 aromatic heterocycles. The molecule has 14 heteroatoms. The number of carbonyl (C=O) groups excluding carboxylic acids is 2. The first-order chi connectivity index (χ1) is 21.4. The topological polar surface area (TPSA) is 119 Å². The van der Waals surface area contributed by atoms with E-state index in [4.69, 9.17) is 16.8 Å². The van der Waals surface area contributed by atoms with Gasteiger partial charge in [-0.05, 0) is 71.8 Å². The van der Waals surface area contributed by atoms with Gasteiger partial charge < -0.3 is 10.2 Å². The van der Waals surface area contributed by atoms with Gasteiger partial charge in [0.05, 0.1) is 10.5 Å². The van der Waals surface area contributed by atoms with E-state index in [-0.39, 0.29) is 47.3 Å². The van der Waals surface area contributed by atoms with Crippen LogP contribution >= 0.6 is 11.6 Å². The molecule has 1 heterocycles. The van der Waals surface area contributed by atoms with E-state index in [1.165, 1.54) is 46.8 Å². The van der Waals surface area contributed by atoms with E-state index in [2.05, 4.69) is 5.32 Å². The average Bonchev–Trinajstić information content (AvgIpc) is 3.04. The molecule has 2 amide bonds. The number of rotatable bonds is 7. The predicted molar refractivity (Wildman–Crippen MR) is 163 cm³/mol. The van der Waals surface area contributed by atoms with Gasteiger partial charge in [0.25, 0.3) is 11.8 Å². The van der Waals surface area contributed by atoms with Gasteiger partial charge in [-0.1, -0.05) is 41.9 Å². The van der Waals surface area contributed by atoms with Crippen molar-refractivity contribution in [1.82, 2.24) is 9.79 Å². The van der Waals surface area contributed by atoms with E-state index in [0.29, 0.717) is 22.4 Å². The van der Waals surface area contributed by atoms with Crippen molar-refractivity contribution in [2.24, 2.45) is 0 Å². The summed E-state index contributed by atoms with van der Waals surface area (Å²) in [6, 6.07) is 22.1. The second-order valence-electron chi connectivity index (χ2n) is 10.1. The molecule has 1 aliphatic rings. The number of carbonyl (C=O) groups is 2. The third kappa shape index (κ3) is 7.12. The molecule has 4 aromatic carbocycles. The van der Waals surface area contributed by atoms with Gasteiger partial charge in [-0.25, -0.2) is 13.9 Å². The number of nitrogens with zero attached hydrogens (tertiary/aromatic N) is 2. The van der Waals surface area contributed by atoms with Crippen LogP contribution in [0.3, 0.4) is 0 Å². The maximum absolute atomic E-state index is 13.3. The standard InChI is InChI=1S/C31H26ClF3N4O5S/c32-23-17-22(31(33,34)35)18-25(19-23)38-13-15-39(16-14-38)45(43,44)26-11-9-24(10-12-26)36-30(41)28-4-2-1-3-27(28)20-5-7-21(8-6-20)29(40)37-42/h1-12,17-19,42H,13-16H2,(H,36,41)(H,37,40). The van der Waals surface area contributed by atoms with Gasteiger partial charge in [0, 0.05) is 53.7 Å². The van der Waals surface area contributed by atoms with Gasteiger partial charge >= 0.3 is 6.18 Å². The summed E-state index contributed by atoms with van der Waals surface area (Å²) < 4.78 is 67.6. The highest BCUT2D eigenvalue weighted by molar-refractivity contribution is 7.89. The smallest absolute Gasteiger partial charge is 0.369 e. The summed E-state index contributed by atoms with van der Waals surface area (Å²) in [5, 5.41) is 11.5. The summed E-state index contributed by atoms with van der Waals surface area (Å²) >= 11 is 5.91. The molecule has 5 rings (SSSR count). The Morgan fingerprint density at radius 2 is 1.47 bits per heavy atom. The van der Waals surface area contributed by atoms with Crippen LogP contribution < -0.4 is 15.7 Å². The lowest BCUT2D eigenvalue weighted by molar-refractivity contribution is -0.137. The molecule has 9 nitrogen and oxygen atoms in total. The van der Waals surface area contributed by atoms with Crippen molar-refractivity contribution in [3.8, 4) is 11.1 Å². The molecule has 4 aromatic rings. The Balaban J connectivity index is 1.25. The van der Waals surface area contributed by atoms with Crippen molar-refractivity contribution in [2.45, 2.75) is 11.1 Å². The number of piperazine rings is 1. The Morgan fingerprint density at radius 3 is 2.09 bits per heavy atom. The fraction of sp³-hybridized carbons (Fsp3) is 0.161. The Morgan fingerprint density at radius 1 is 0.822 bits per heavy atom. The summed E-state index contributed by atoms with van der Waals surface area (Å²) in [6.07, 6.45) is -4.56. The zero-order chi connectivity index (χ0) is 32.4. The lowest BCUT2D eigenvalue weighted by Crippen LogP contribution is -2.48. The van der Waals surface area contributed by atoms with Crippen LogP contribution in [0.4, 0.5) is 24.5 Å². The minimum atomic E-state index is -4.56. The van der Waals surface area contributed by atoms with Crippen LogP contribution in [0.5, 0.6) is 0 Å². The molecule has 0 bridgehead atoms. The van der Waals surface area contributed by atoms with E-state index >= 15 is 0 Å². The van der Waals surface area contributed by atoms with E-state index in [1.807, 2.05) is 0 Å². The van der Waals surface area contributed by atoms with Crippen LogP contribution in [0, 0.1) is 0 Å². The monoisotopic (exact) mass is 658 g/mol. The number of alkyl halides is 3. The van der Waals surface area contributed by atoms with Gasteiger partial charge in [-0.3, -0.25) is 14.8 Å². The summed E-state index contributed by atoms with van der Waals surface area (Å²) in [7, 11) is -3.92. The molecule has 0 aliphatic carbocycles. The third-order valence-corrected chi connectivity index (χ3v) is 9.43. The van der Waals surface area contributed by atoms with Crippen molar-refractivity contribution in [3.05, 3.63) is 113 Å². The van der Waals surface area contributed by atoms with Gasteiger partial charge in [-0.2, -0.15) is 17.5 Å².